The fourth-order valence-electron chi connectivity index (χ4n) is 2.93. The Balaban J connectivity index is 2.45. The quantitative estimate of drug-likeness (QED) is 0.629. The lowest BCUT2D eigenvalue weighted by atomic mass is 10.1. The average Bonchev–Trinajstić information content (AvgIpc) is 2.75. The number of nitrogens with zero attached hydrogens (tertiary/aromatic N) is 3. The molecule has 0 fully saturated rings. The van der Waals surface area contributed by atoms with Gasteiger partial charge in [-0.15, -0.1) is 0 Å². The first-order chi connectivity index (χ1) is 14.6. The van der Waals surface area contributed by atoms with Crippen molar-refractivity contribution in [1.82, 2.24) is 14.5 Å². The van der Waals surface area contributed by atoms with Crippen LogP contribution in [-0.4, -0.2) is 63.2 Å². The topological polar surface area (TPSA) is 90.0 Å². The molecule has 0 unspecified atom stereocenters. The average molecular weight is 451 g/mol. The molecule has 0 aromatic heterocycles. The van der Waals surface area contributed by atoms with Gasteiger partial charge in [-0.3, -0.25) is 9.59 Å². The summed E-state index contributed by atoms with van der Waals surface area (Å²) in [6, 6.07) is 13.4. The number of rotatable bonds is 9. The summed E-state index contributed by atoms with van der Waals surface area (Å²) < 4.78 is 41.9. The first-order valence-corrected chi connectivity index (χ1v) is 11.0. The molecule has 1 atom stereocenters. The maximum absolute atomic E-state index is 14.5. The molecule has 168 valence electrons. The Morgan fingerprint density at radius 3 is 2.16 bits per heavy atom. The third-order valence-corrected chi connectivity index (χ3v) is 6.56. The molecule has 0 radical (unpaired) electrons. The molecule has 2 aromatic rings. The Bertz CT molecular complexity index is 1020. The van der Waals surface area contributed by atoms with Gasteiger partial charge >= 0.3 is 10.2 Å². The SMILES string of the molecule is CNC(=O)[C@H](C)N(Cc1ccccc1)C(=O)CN(c1ccccc1F)S(=O)(=O)N(C)C. The van der Waals surface area contributed by atoms with Crippen LogP contribution in [0.15, 0.2) is 54.6 Å². The summed E-state index contributed by atoms with van der Waals surface area (Å²) >= 11 is 0. The standard InChI is InChI=1S/C21H27FN4O4S/c1-16(21(28)23-2)25(14-17-10-6-5-7-11-17)20(27)15-26(31(29,30)24(3)4)19-13-9-8-12-18(19)22/h5-13,16H,14-15H2,1-4H3,(H,23,28)/t16-/m0/s1. The van der Waals surface area contributed by atoms with Crippen molar-refractivity contribution >= 4 is 27.7 Å². The first kappa shape index (κ1) is 24.3. The van der Waals surface area contributed by atoms with Crippen LogP contribution in [0.2, 0.25) is 0 Å². The van der Waals surface area contributed by atoms with Crippen LogP contribution in [0.3, 0.4) is 0 Å². The van der Waals surface area contributed by atoms with Gasteiger partial charge in [-0.1, -0.05) is 42.5 Å². The first-order valence-electron chi connectivity index (χ1n) is 9.59. The van der Waals surface area contributed by atoms with E-state index < -0.39 is 40.4 Å². The molecular weight excluding hydrogens is 423 g/mol. The fourth-order valence-corrected chi connectivity index (χ4v) is 3.99. The molecule has 0 heterocycles. The van der Waals surface area contributed by atoms with E-state index in [0.29, 0.717) is 4.31 Å². The summed E-state index contributed by atoms with van der Waals surface area (Å²) in [7, 11) is -0.150. The van der Waals surface area contributed by atoms with Gasteiger partial charge in [0, 0.05) is 27.7 Å². The zero-order chi connectivity index (χ0) is 23.2. The van der Waals surface area contributed by atoms with Crippen molar-refractivity contribution in [3.8, 4) is 0 Å². The maximum atomic E-state index is 14.5. The Kier molecular flexibility index (Phi) is 8.12. The van der Waals surface area contributed by atoms with Gasteiger partial charge in [-0.2, -0.15) is 12.7 Å². The highest BCUT2D eigenvalue weighted by molar-refractivity contribution is 7.90. The third-order valence-electron chi connectivity index (χ3n) is 4.75. The van der Waals surface area contributed by atoms with Crippen molar-refractivity contribution in [1.29, 1.82) is 0 Å². The molecule has 2 amide bonds. The van der Waals surface area contributed by atoms with Crippen molar-refractivity contribution in [2.24, 2.45) is 0 Å². The lowest BCUT2D eigenvalue weighted by Crippen LogP contribution is -2.52. The highest BCUT2D eigenvalue weighted by atomic mass is 32.2. The number of anilines is 1. The number of amides is 2. The van der Waals surface area contributed by atoms with Crippen LogP contribution in [-0.2, 0) is 26.3 Å². The van der Waals surface area contributed by atoms with Gasteiger partial charge < -0.3 is 10.2 Å². The molecule has 0 saturated heterocycles. The van der Waals surface area contributed by atoms with Gasteiger partial charge in [0.05, 0.1) is 5.69 Å². The summed E-state index contributed by atoms with van der Waals surface area (Å²) in [6.45, 7) is 0.963. The second-order valence-electron chi connectivity index (χ2n) is 7.05. The smallest absolute Gasteiger partial charge is 0.304 e. The molecular formula is C21H27FN4O4S. The largest absolute Gasteiger partial charge is 0.357 e. The molecule has 0 aliphatic rings. The van der Waals surface area contributed by atoms with Crippen LogP contribution in [0.25, 0.3) is 0 Å². The van der Waals surface area contributed by atoms with Crippen LogP contribution in [0.5, 0.6) is 0 Å². The van der Waals surface area contributed by atoms with Crippen molar-refractivity contribution in [3.63, 3.8) is 0 Å². The van der Waals surface area contributed by atoms with Gasteiger partial charge in [0.2, 0.25) is 11.8 Å². The van der Waals surface area contributed by atoms with Crippen molar-refractivity contribution in [3.05, 3.63) is 66.0 Å². The Morgan fingerprint density at radius 2 is 1.61 bits per heavy atom. The van der Waals surface area contributed by atoms with Gasteiger partial charge in [-0.25, -0.2) is 8.70 Å². The van der Waals surface area contributed by atoms with Crippen LogP contribution < -0.4 is 9.62 Å². The summed E-state index contributed by atoms with van der Waals surface area (Å²) in [6.07, 6.45) is 0. The van der Waals surface area contributed by atoms with E-state index in [9.17, 15) is 22.4 Å². The number of likely N-dealkylation sites (N-methyl/N-ethyl adjacent to an activating group) is 1. The summed E-state index contributed by atoms with van der Waals surface area (Å²) in [5.41, 5.74) is 0.510. The molecule has 8 nitrogen and oxygen atoms in total. The van der Waals surface area contributed by atoms with Gasteiger partial charge in [-0.05, 0) is 24.6 Å². The highest BCUT2D eigenvalue weighted by Gasteiger charge is 2.33. The van der Waals surface area contributed by atoms with Gasteiger partial charge in [0.25, 0.3) is 0 Å². The molecule has 0 spiro atoms. The summed E-state index contributed by atoms with van der Waals surface area (Å²) in [5.74, 6) is -1.83. The highest BCUT2D eigenvalue weighted by Crippen LogP contribution is 2.23. The molecule has 2 rings (SSSR count). The van der Waals surface area contributed by atoms with E-state index in [2.05, 4.69) is 5.32 Å². The van der Waals surface area contributed by atoms with Crippen molar-refractivity contribution in [2.45, 2.75) is 19.5 Å². The van der Waals surface area contributed by atoms with Crippen molar-refractivity contribution in [2.75, 3.05) is 32.0 Å². The lowest BCUT2D eigenvalue weighted by Gasteiger charge is -2.32. The third kappa shape index (κ3) is 5.80. The molecule has 0 aliphatic carbocycles. The Morgan fingerprint density at radius 1 is 1.03 bits per heavy atom. The molecule has 31 heavy (non-hydrogen) atoms. The molecule has 0 aliphatic heterocycles. The van der Waals surface area contributed by atoms with E-state index in [0.717, 1.165) is 15.9 Å². The number of hydrogen-bond acceptors (Lipinski definition) is 4. The van der Waals surface area contributed by atoms with E-state index in [1.165, 1.54) is 44.2 Å². The Labute approximate surface area is 182 Å². The van der Waals surface area contributed by atoms with E-state index >= 15 is 0 Å². The number of para-hydroxylation sites is 1. The minimum Gasteiger partial charge on any atom is -0.357 e. The predicted molar refractivity (Wildman–Crippen MR) is 117 cm³/mol. The number of hydrogen-bond donors (Lipinski definition) is 1. The zero-order valence-corrected chi connectivity index (χ0v) is 18.8. The second kappa shape index (κ2) is 10.4. The van der Waals surface area contributed by atoms with Crippen LogP contribution in [0.4, 0.5) is 10.1 Å². The number of nitrogens with one attached hydrogen (secondary N) is 1. The van der Waals surface area contributed by atoms with Crippen LogP contribution in [0.1, 0.15) is 12.5 Å². The summed E-state index contributed by atoms with van der Waals surface area (Å²) in [4.78, 5) is 26.8. The van der Waals surface area contributed by atoms with E-state index in [1.807, 2.05) is 6.07 Å². The van der Waals surface area contributed by atoms with E-state index in [4.69, 9.17) is 0 Å². The van der Waals surface area contributed by atoms with Gasteiger partial charge in [0.1, 0.15) is 18.4 Å². The van der Waals surface area contributed by atoms with Crippen molar-refractivity contribution < 1.29 is 22.4 Å². The maximum Gasteiger partial charge on any atom is 0.304 e. The van der Waals surface area contributed by atoms with E-state index in [1.54, 1.807) is 31.2 Å². The predicted octanol–water partition coefficient (Wildman–Crippen LogP) is 1.60. The van der Waals surface area contributed by atoms with E-state index in [-0.39, 0.29) is 12.2 Å². The minimum absolute atomic E-state index is 0.0847. The zero-order valence-electron chi connectivity index (χ0n) is 17.9. The van der Waals surface area contributed by atoms with Crippen LogP contribution in [0, 0.1) is 5.82 Å². The molecule has 0 saturated carbocycles. The molecule has 10 heteroatoms. The Hall–Kier alpha value is -2.98. The fraction of sp³-hybridized carbons (Fsp3) is 0.333. The molecule has 0 bridgehead atoms. The summed E-state index contributed by atoms with van der Waals surface area (Å²) in [5, 5.41) is 2.50. The normalized spacial score (nSPS) is 12.3. The number of benzene rings is 2. The second-order valence-corrected chi connectivity index (χ2v) is 9.11. The minimum atomic E-state index is -4.19. The monoisotopic (exact) mass is 450 g/mol. The molecule has 2 aromatic carbocycles. The number of halogens is 1. The molecule has 1 N–H and O–H groups in total. The van der Waals surface area contributed by atoms with Crippen LogP contribution >= 0.6 is 0 Å². The number of carbonyl (C=O) groups is 2. The lowest BCUT2D eigenvalue weighted by molar-refractivity contribution is -0.139. The number of carbonyl (C=O) groups excluding carboxylic acids is 2. The van der Waals surface area contributed by atoms with Gasteiger partial charge in [0.15, 0.2) is 0 Å².